The SMILES string of the molecule is CCCCC(C)C(=O)N(CCN)CC(F)(F)F. The molecule has 0 aliphatic carbocycles. The molecule has 17 heavy (non-hydrogen) atoms. The number of rotatable bonds is 7. The maximum absolute atomic E-state index is 12.3. The highest BCUT2D eigenvalue weighted by Gasteiger charge is 2.33. The van der Waals surface area contributed by atoms with Gasteiger partial charge in [-0.3, -0.25) is 4.79 Å². The Morgan fingerprint density at radius 2 is 2.00 bits per heavy atom. The van der Waals surface area contributed by atoms with Crippen LogP contribution in [0.4, 0.5) is 13.2 Å². The van der Waals surface area contributed by atoms with Crippen LogP contribution in [0, 0.1) is 5.92 Å². The summed E-state index contributed by atoms with van der Waals surface area (Å²) in [5, 5.41) is 0. The molecule has 0 saturated heterocycles. The Hall–Kier alpha value is -0.780. The number of carbonyl (C=O) groups excluding carboxylic acids is 1. The van der Waals surface area contributed by atoms with Crippen LogP contribution in [0.1, 0.15) is 33.1 Å². The summed E-state index contributed by atoms with van der Waals surface area (Å²) in [6.45, 7) is 2.43. The molecule has 1 atom stereocenters. The van der Waals surface area contributed by atoms with Crippen LogP contribution < -0.4 is 5.73 Å². The predicted octanol–water partition coefficient (Wildman–Crippen LogP) is 2.16. The van der Waals surface area contributed by atoms with Crippen LogP contribution in [-0.4, -0.2) is 36.6 Å². The van der Waals surface area contributed by atoms with Crippen molar-refractivity contribution in [1.82, 2.24) is 4.90 Å². The van der Waals surface area contributed by atoms with Crippen LogP contribution in [0.3, 0.4) is 0 Å². The Morgan fingerprint density at radius 3 is 2.41 bits per heavy atom. The molecule has 6 heteroatoms. The zero-order valence-corrected chi connectivity index (χ0v) is 10.4. The van der Waals surface area contributed by atoms with Gasteiger partial charge in [-0.15, -0.1) is 0 Å². The maximum atomic E-state index is 12.3. The van der Waals surface area contributed by atoms with Crippen LogP contribution in [0.2, 0.25) is 0 Å². The number of nitrogens with two attached hydrogens (primary N) is 1. The van der Waals surface area contributed by atoms with E-state index in [4.69, 9.17) is 5.73 Å². The standard InChI is InChI=1S/C11H21F3N2O/c1-3-4-5-9(2)10(17)16(7-6-15)8-11(12,13)14/h9H,3-8,15H2,1-2H3. The second-order valence-electron chi connectivity index (χ2n) is 4.21. The fourth-order valence-corrected chi connectivity index (χ4v) is 1.58. The van der Waals surface area contributed by atoms with E-state index in [0.29, 0.717) is 6.42 Å². The molecule has 0 radical (unpaired) electrons. The van der Waals surface area contributed by atoms with Gasteiger partial charge in [0.1, 0.15) is 6.54 Å². The lowest BCUT2D eigenvalue weighted by Crippen LogP contribution is -2.44. The van der Waals surface area contributed by atoms with Crippen molar-refractivity contribution in [2.24, 2.45) is 11.7 Å². The molecule has 0 heterocycles. The number of hydrogen-bond acceptors (Lipinski definition) is 2. The van der Waals surface area contributed by atoms with E-state index in [0.717, 1.165) is 17.7 Å². The van der Waals surface area contributed by atoms with Crippen LogP contribution in [0.25, 0.3) is 0 Å². The highest BCUT2D eigenvalue weighted by atomic mass is 19.4. The number of nitrogens with zero attached hydrogens (tertiary/aromatic N) is 1. The molecular weight excluding hydrogens is 233 g/mol. The Bertz CT molecular complexity index is 231. The van der Waals surface area contributed by atoms with Crippen LogP contribution >= 0.6 is 0 Å². The summed E-state index contributed by atoms with van der Waals surface area (Å²) in [6.07, 6.45) is -1.98. The molecule has 0 fully saturated rings. The van der Waals surface area contributed by atoms with Gasteiger partial charge < -0.3 is 10.6 Å². The lowest BCUT2D eigenvalue weighted by molar-refractivity contribution is -0.163. The van der Waals surface area contributed by atoms with Crippen molar-refractivity contribution in [3.8, 4) is 0 Å². The summed E-state index contributed by atoms with van der Waals surface area (Å²) >= 11 is 0. The Kier molecular flexibility index (Phi) is 7.18. The zero-order chi connectivity index (χ0) is 13.5. The number of unbranched alkanes of at least 4 members (excludes halogenated alkanes) is 1. The largest absolute Gasteiger partial charge is 0.406 e. The number of carbonyl (C=O) groups is 1. The number of halogens is 3. The number of hydrogen-bond donors (Lipinski definition) is 1. The lowest BCUT2D eigenvalue weighted by Gasteiger charge is -2.26. The molecule has 0 aromatic carbocycles. The van der Waals surface area contributed by atoms with Crippen LogP contribution in [-0.2, 0) is 4.79 Å². The van der Waals surface area contributed by atoms with Gasteiger partial charge in [-0.2, -0.15) is 13.2 Å². The molecule has 1 amide bonds. The Balaban J connectivity index is 4.42. The molecule has 0 aliphatic rings. The molecule has 0 bridgehead atoms. The summed E-state index contributed by atoms with van der Waals surface area (Å²) in [5.74, 6) is -0.829. The molecule has 1 unspecified atom stereocenters. The molecule has 0 spiro atoms. The van der Waals surface area contributed by atoms with Gasteiger partial charge in [0.25, 0.3) is 0 Å². The average molecular weight is 254 g/mol. The smallest absolute Gasteiger partial charge is 0.332 e. The second-order valence-corrected chi connectivity index (χ2v) is 4.21. The first kappa shape index (κ1) is 16.2. The third-order valence-electron chi connectivity index (χ3n) is 2.49. The van der Waals surface area contributed by atoms with Crippen molar-refractivity contribution in [1.29, 1.82) is 0 Å². The lowest BCUT2D eigenvalue weighted by atomic mass is 10.0. The predicted molar refractivity (Wildman–Crippen MR) is 60.4 cm³/mol. The van der Waals surface area contributed by atoms with E-state index >= 15 is 0 Å². The summed E-state index contributed by atoms with van der Waals surface area (Å²) in [6, 6.07) is 0. The molecule has 102 valence electrons. The van der Waals surface area contributed by atoms with Gasteiger partial charge in [0.15, 0.2) is 0 Å². The summed E-state index contributed by atoms with van der Waals surface area (Å²) in [5.41, 5.74) is 5.23. The first-order valence-corrected chi connectivity index (χ1v) is 5.87. The van der Waals surface area contributed by atoms with E-state index in [1.54, 1.807) is 6.92 Å². The van der Waals surface area contributed by atoms with Crippen molar-refractivity contribution in [2.45, 2.75) is 39.3 Å². The highest BCUT2D eigenvalue weighted by Crippen LogP contribution is 2.19. The first-order valence-electron chi connectivity index (χ1n) is 5.87. The first-order chi connectivity index (χ1) is 7.81. The molecule has 0 saturated carbocycles. The maximum Gasteiger partial charge on any atom is 0.406 e. The van der Waals surface area contributed by atoms with Gasteiger partial charge in [-0.05, 0) is 6.42 Å². The van der Waals surface area contributed by atoms with Gasteiger partial charge >= 0.3 is 6.18 Å². The average Bonchev–Trinajstić information content (AvgIpc) is 2.22. The third-order valence-corrected chi connectivity index (χ3v) is 2.49. The van der Waals surface area contributed by atoms with Gasteiger partial charge in [0.2, 0.25) is 5.91 Å². The summed E-state index contributed by atoms with van der Waals surface area (Å²) in [7, 11) is 0. The molecule has 0 aromatic heterocycles. The normalized spacial score (nSPS) is 13.5. The van der Waals surface area contributed by atoms with Gasteiger partial charge in [-0.1, -0.05) is 26.7 Å². The topological polar surface area (TPSA) is 46.3 Å². The highest BCUT2D eigenvalue weighted by molar-refractivity contribution is 5.78. The molecule has 3 nitrogen and oxygen atoms in total. The third kappa shape index (κ3) is 7.20. The van der Waals surface area contributed by atoms with Crippen molar-refractivity contribution in [2.75, 3.05) is 19.6 Å². The molecule has 0 aliphatic heterocycles. The van der Waals surface area contributed by atoms with Crippen molar-refractivity contribution in [3.63, 3.8) is 0 Å². The minimum Gasteiger partial charge on any atom is -0.332 e. The molecule has 2 N–H and O–H groups in total. The van der Waals surface area contributed by atoms with E-state index in [1.807, 2.05) is 6.92 Å². The summed E-state index contributed by atoms with van der Waals surface area (Å²) in [4.78, 5) is 12.6. The van der Waals surface area contributed by atoms with Crippen LogP contribution in [0.15, 0.2) is 0 Å². The van der Waals surface area contributed by atoms with E-state index in [2.05, 4.69) is 0 Å². The van der Waals surface area contributed by atoms with Gasteiger partial charge in [0.05, 0.1) is 0 Å². The molecule has 0 rings (SSSR count). The second kappa shape index (κ2) is 7.53. The minimum absolute atomic E-state index is 0.0440. The quantitative estimate of drug-likeness (QED) is 0.756. The van der Waals surface area contributed by atoms with E-state index < -0.39 is 18.6 Å². The number of alkyl halides is 3. The van der Waals surface area contributed by atoms with Crippen LogP contribution in [0.5, 0.6) is 0 Å². The molecule has 0 aromatic rings. The van der Waals surface area contributed by atoms with Gasteiger partial charge in [0, 0.05) is 19.0 Å². The Morgan fingerprint density at radius 1 is 1.41 bits per heavy atom. The monoisotopic (exact) mass is 254 g/mol. The van der Waals surface area contributed by atoms with Crippen molar-refractivity contribution in [3.05, 3.63) is 0 Å². The molecular formula is C11H21F3N2O. The number of amides is 1. The van der Waals surface area contributed by atoms with Crippen molar-refractivity contribution >= 4 is 5.91 Å². The van der Waals surface area contributed by atoms with E-state index in [1.165, 1.54) is 0 Å². The van der Waals surface area contributed by atoms with E-state index in [-0.39, 0.29) is 19.0 Å². The zero-order valence-electron chi connectivity index (χ0n) is 10.4. The Labute approximate surface area is 100 Å². The van der Waals surface area contributed by atoms with E-state index in [9.17, 15) is 18.0 Å². The fourth-order valence-electron chi connectivity index (χ4n) is 1.58. The minimum atomic E-state index is -4.37. The fraction of sp³-hybridized carbons (Fsp3) is 0.909. The summed E-state index contributed by atoms with van der Waals surface area (Å²) < 4.78 is 36.8. The van der Waals surface area contributed by atoms with Crippen molar-refractivity contribution < 1.29 is 18.0 Å². The van der Waals surface area contributed by atoms with Gasteiger partial charge in [-0.25, -0.2) is 0 Å².